The first kappa shape index (κ1) is 18.7. The summed E-state index contributed by atoms with van der Waals surface area (Å²) in [5, 5.41) is 4.27. The molecule has 1 fully saturated rings. The van der Waals surface area contributed by atoms with E-state index in [1.807, 2.05) is 19.2 Å². The highest BCUT2D eigenvalue weighted by atomic mass is 16.5. The second kappa shape index (κ2) is 8.58. The molecular weight excluding hydrogens is 354 g/mol. The molecule has 0 atom stereocenters. The van der Waals surface area contributed by atoms with Crippen LogP contribution in [0.3, 0.4) is 0 Å². The van der Waals surface area contributed by atoms with E-state index in [-0.39, 0.29) is 0 Å². The lowest BCUT2D eigenvalue weighted by molar-refractivity contribution is 0.0342. The topological polar surface area (TPSA) is 75.3 Å². The van der Waals surface area contributed by atoms with Crippen LogP contribution >= 0.6 is 0 Å². The molecule has 0 unspecified atom stereocenters. The average molecular weight is 381 g/mol. The molecule has 0 saturated carbocycles. The number of nitrogens with zero attached hydrogens (tertiary/aromatic N) is 3. The van der Waals surface area contributed by atoms with E-state index < -0.39 is 0 Å². The number of aromatic nitrogens is 3. The third kappa shape index (κ3) is 4.10. The van der Waals surface area contributed by atoms with E-state index in [2.05, 4.69) is 50.3 Å². The molecule has 2 N–H and O–H groups in total. The van der Waals surface area contributed by atoms with Crippen LogP contribution < -0.4 is 10.1 Å². The maximum Gasteiger partial charge on any atom is 0.232 e. The molecule has 3 aromatic rings. The zero-order valence-corrected chi connectivity index (χ0v) is 16.5. The van der Waals surface area contributed by atoms with Gasteiger partial charge >= 0.3 is 0 Å². The van der Waals surface area contributed by atoms with E-state index >= 15 is 0 Å². The van der Waals surface area contributed by atoms with Crippen molar-refractivity contribution in [2.24, 2.45) is 0 Å². The summed E-state index contributed by atoms with van der Waals surface area (Å²) in [5.41, 5.74) is 4.36. The van der Waals surface area contributed by atoms with Crippen LogP contribution in [-0.4, -0.2) is 52.8 Å². The smallest absolute Gasteiger partial charge is 0.232 e. The highest BCUT2D eigenvalue weighted by molar-refractivity contribution is 5.82. The molecule has 4 rings (SSSR count). The number of anilines is 2. The van der Waals surface area contributed by atoms with Gasteiger partial charge in [-0.15, -0.1) is 0 Å². The average Bonchev–Trinajstić information content (AvgIpc) is 3.19. The Morgan fingerprint density at radius 3 is 2.82 bits per heavy atom. The molecule has 1 aliphatic rings. The Morgan fingerprint density at radius 1 is 1.18 bits per heavy atom. The Kier molecular flexibility index (Phi) is 5.73. The fourth-order valence-corrected chi connectivity index (χ4v) is 3.51. The number of nitrogens with one attached hydrogen (secondary N) is 2. The molecule has 1 aromatic carbocycles. The lowest BCUT2D eigenvalue weighted by Crippen LogP contribution is -2.35. The largest absolute Gasteiger partial charge is 0.477 e. The Balaban J connectivity index is 1.56. The molecule has 1 saturated heterocycles. The number of fused-ring (bicyclic) bond motifs is 1. The van der Waals surface area contributed by atoms with Gasteiger partial charge in [0.2, 0.25) is 11.8 Å². The summed E-state index contributed by atoms with van der Waals surface area (Å²) in [6, 6.07) is 8.50. The van der Waals surface area contributed by atoms with Gasteiger partial charge in [0.05, 0.1) is 25.2 Å². The highest BCUT2D eigenvalue weighted by Crippen LogP contribution is 2.27. The van der Waals surface area contributed by atoms with Crippen LogP contribution in [0.1, 0.15) is 25.0 Å². The maximum atomic E-state index is 5.69. The molecule has 7 nitrogen and oxygen atoms in total. The second-order valence-electron chi connectivity index (χ2n) is 6.88. The predicted molar refractivity (Wildman–Crippen MR) is 110 cm³/mol. The summed E-state index contributed by atoms with van der Waals surface area (Å²) >= 11 is 0. The molecule has 0 bridgehead atoms. The van der Waals surface area contributed by atoms with E-state index in [9.17, 15) is 0 Å². The molecule has 2 aromatic heterocycles. The SMILES string of the molecule is CCOc1nc(Nc2ccc(CN3CCOCC3)cc2CC)nc2[nH]ccc12. The van der Waals surface area contributed by atoms with Crippen molar-refractivity contribution in [1.29, 1.82) is 0 Å². The number of H-pyrrole nitrogens is 1. The van der Waals surface area contributed by atoms with Crippen molar-refractivity contribution in [3.8, 4) is 5.88 Å². The lowest BCUT2D eigenvalue weighted by Gasteiger charge is -2.27. The number of benzene rings is 1. The number of ether oxygens (including phenoxy) is 2. The second-order valence-corrected chi connectivity index (χ2v) is 6.88. The van der Waals surface area contributed by atoms with Gasteiger partial charge in [-0.1, -0.05) is 19.1 Å². The minimum absolute atomic E-state index is 0.536. The van der Waals surface area contributed by atoms with Crippen molar-refractivity contribution in [2.45, 2.75) is 26.8 Å². The molecule has 28 heavy (non-hydrogen) atoms. The summed E-state index contributed by atoms with van der Waals surface area (Å²) < 4.78 is 11.1. The quantitative estimate of drug-likeness (QED) is 0.652. The van der Waals surface area contributed by atoms with Crippen LogP contribution in [0.15, 0.2) is 30.5 Å². The molecule has 1 aliphatic heterocycles. The van der Waals surface area contributed by atoms with Crippen molar-refractivity contribution in [2.75, 3.05) is 38.2 Å². The van der Waals surface area contributed by atoms with Crippen molar-refractivity contribution < 1.29 is 9.47 Å². The molecule has 0 amide bonds. The molecule has 3 heterocycles. The van der Waals surface area contributed by atoms with E-state index in [1.54, 1.807) is 0 Å². The van der Waals surface area contributed by atoms with Crippen LogP contribution in [0.2, 0.25) is 0 Å². The standard InChI is InChI=1S/C21H27N5O2/c1-3-16-13-15(14-26-9-11-27-12-10-26)5-6-18(16)23-21-24-19-17(7-8-22-19)20(25-21)28-4-2/h5-8,13H,3-4,9-12,14H2,1-2H3,(H2,22,23,24,25). The number of aryl methyl sites for hydroxylation is 1. The summed E-state index contributed by atoms with van der Waals surface area (Å²) in [6.45, 7) is 9.26. The zero-order chi connectivity index (χ0) is 19.3. The van der Waals surface area contributed by atoms with Gasteiger partial charge in [-0.3, -0.25) is 4.90 Å². The van der Waals surface area contributed by atoms with Crippen molar-refractivity contribution >= 4 is 22.7 Å². The van der Waals surface area contributed by atoms with E-state index in [1.165, 1.54) is 11.1 Å². The van der Waals surface area contributed by atoms with Gasteiger partial charge in [0.1, 0.15) is 5.65 Å². The Bertz CT molecular complexity index is 934. The van der Waals surface area contributed by atoms with Gasteiger partial charge < -0.3 is 19.8 Å². The van der Waals surface area contributed by atoms with Crippen LogP contribution in [-0.2, 0) is 17.7 Å². The minimum atomic E-state index is 0.536. The maximum absolute atomic E-state index is 5.69. The monoisotopic (exact) mass is 381 g/mol. The van der Waals surface area contributed by atoms with Gasteiger partial charge in [0, 0.05) is 31.5 Å². The number of aromatic amines is 1. The minimum Gasteiger partial charge on any atom is -0.477 e. The highest BCUT2D eigenvalue weighted by Gasteiger charge is 2.13. The summed E-state index contributed by atoms with van der Waals surface area (Å²) in [5.74, 6) is 1.13. The third-order valence-electron chi connectivity index (χ3n) is 4.97. The van der Waals surface area contributed by atoms with Crippen LogP contribution in [0.4, 0.5) is 11.6 Å². The lowest BCUT2D eigenvalue weighted by atomic mass is 10.1. The zero-order valence-electron chi connectivity index (χ0n) is 16.5. The first-order chi connectivity index (χ1) is 13.8. The molecule has 7 heteroatoms. The molecular formula is C21H27N5O2. The number of hydrogen-bond acceptors (Lipinski definition) is 6. The van der Waals surface area contributed by atoms with Crippen molar-refractivity contribution in [3.63, 3.8) is 0 Å². The number of rotatable bonds is 7. The summed E-state index contributed by atoms with van der Waals surface area (Å²) in [6.07, 6.45) is 2.78. The van der Waals surface area contributed by atoms with Crippen LogP contribution in [0.5, 0.6) is 5.88 Å². The first-order valence-electron chi connectivity index (χ1n) is 9.93. The number of hydrogen-bond donors (Lipinski definition) is 2. The van der Waals surface area contributed by atoms with Gasteiger partial charge in [-0.2, -0.15) is 9.97 Å². The van der Waals surface area contributed by atoms with Crippen LogP contribution in [0.25, 0.3) is 11.0 Å². The van der Waals surface area contributed by atoms with Gasteiger partial charge in [0.15, 0.2) is 0 Å². The Morgan fingerprint density at radius 2 is 2.04 bits per heavy atom. The fraction of sp³-hybridized carbons (Fsp3) is 0.429. The van der Waals surface area contributed by atoms with E-state index in [0.717, 1.165) is 56.0 Å². The van der Waals surface area contributed by atoms with Gasteiger partial charge in [-0.05, 0) is 36.6 Å². The predicted octanol–water partition coefficient (Wildman–Crippen LogP) is 3.49. The van der Waals surface area contributed by atoms with Gasteiger partial charge in [0.25, 0.3) is 0 Å². The molecule has 148 valence electrons. The number of morpholine rings is 1. The van der Waals surface area contributed by atoms with E-state index in [0.29, 0.717) is 18.4 Å². The normalized spacial score (nSPS) is 15.1. The summed E-state index contributed by atoms with van der Waals surface area (Å²) in [4.78, 5) is 14.7. The molecule has 0 radical (unpaired) electrons. The first-order valence-corrected chi connectivity index (χ1v) is 9.93. The Hall–Kier alpha value is -2.64. The van der Waals surface area contributed by atoms with Crippen LogP contribution in [0, 0.1) is 0 Å². The molecule has 0 spiro atoms. The molecule has 0 aliphatic carbocycles. The van der Waals surface area contributed by atoms with E-state index in [4.69, 9.17) is 9.47 Å². The third-order valence-corrected chi connectivity index (χ3v) is 4.97. The summed E-state index contributed by atoms with van der Waals surface area (Å²) in [7, 11) is 0. The van der Waals surface area contributed by atoms with Crippen molar-refractivity contribution in [1.82, 2.24) is 19.9 Å². The van der Waals surface area contributed by atoms with Gasteiger partial charge in [-0.25, -0.2) is 0 Å². The Labute approximate surface area is 165 Å². The van der Waals surface area contributed by atoms with Crippen molar-refractivity contribution in [3.05, 3.63) is 41.6 Å². The fourth-order valence-electron chi connectivity index (χ4n) is 3.51.